The molecular formula is C13H12ClN3O2. The van der Waals surface area contributed by atoms with Gasteiger partial charge in [0.1, 0.15) is 5.82 Å². The van der Waals surface area contributed by atoms with Crippen LogP contribution < -0.4 is 5.32 Å². The second kappa shape index (κ2) is 5.67. The van der Waals surface area contributed by atoms with Gasteiger partial charge in [-0.3, -0.25) is 10.1 Å². The maximum absolute atomic E-state index is 11.1. The van der Waals surface area contributed by atoms with Crippen molar-refractivity contribution in [3.05, 3.63) is 51.5 Å². The summed E-state index contributed by atoms with van der Waals surface area (Å²) < 4.78 is 0. The highest BCUT2D eigenvalue weighted by molar-refractivity contribution is 6.30. The first-order valence-electron chi connectivity index (χ1n) is 5.77. The number of aromatic nitrogens is 1. The Labute approximate surface area is 115 Å². The minimum absolute atomic E-state index is 0.0241. The molecule has 1 heterocycles. The van der Waals surface area contributed by atoms with E-state index in [0.29, 0.717) is 28.6 Å². The Bertz CT molecular complexity index is 599. The predicted octanol–water partition coefficient (Wildman–Crippen LogP) is 3.74. The molecule has 0 spiro atoms. The van der Waals surface area contributed by atoms with Gasteiger partial charge in [-0.05, 0) is 25.1 Å². The summed E-state index contributed by atoms with van der Waals surface area (Å²) in [7, 11) is 0. The van der Waals surface area contributed by atoms with Gasteiger partial charge in [-0.15, -0.1) is 0 Å². The number of nitrogens with zero attached hydrogens (tertiary/aromatic N) is 2. The van der Waals surface area contributed by atoms with E-state index < -0.39 is 4.92 Å². The molecule has 0 aliphatic rings. The molecule has 0 fully saturated rings. The first kappa shape index (κ1) is 13.3. The van der Waals surface area contributed by atoms with E-state index in [1.54, 1.807) is 30.3 Å². The summed E-state index contributed by atoms with van der Waals surface area (Å²) in [5.74, 6) is 0.609. The van der Waals surface area contributed by atoms with Crippen molar-refractivity contribution in [1.29, 1.82) is 0 Å². The molecule has 1 aromatic heterocycles. The Morgan fingerprint density at radius 2 is 1.95 bits per heavy atom. The van der Waals surface area contributed by atoms with Crippen molar-refractivity contribution in [2.45, 2.75) is 6.92 Å². The van der Waals surface area contributed by atoms with Crippen LogP contribution in [0.3, 0.4) is 0 Å². The van der Waals surface area contributed by atoms with Crippen LogP contribution in [0.15, 0.2) is 36.4 Å². The molecule has 0 bridgehead atoms. The van der Waals surface area contributed by atoms with E-state index >= 15 is 0 Å². The zero-order valence-electron chi connectivity index (χ0n) is 10.3. The number of pyridine rings is 1. The molecular weight excluding hydrogens is 266 g/mol. The second-order valence-electron chi connectivity index (χ2n) is 3.86. The van der Waals surface area contributed by atoms with Gasteiger partial charge in [-0.1, -0.05) is 23.7 Å². The van der Waals surface area contributed by atoms with E-state index in [-0.39, 0.29) is 5.69 Å². The molecule has 98 valence electrons. The third-order valence-electron chi connectivity index (χ3n) is 2.55. The molecule has 0 atom stereocenters. The molecule has 2 rings (SSSR count). The van der Waals surface area contributed by atoms with Crippen LogP contribution in [0.2, 0.25) is 5.02 Å². The Morgan fingerprint density at radius 3 is 2.53 bits per heavy atom. The van der Waals surface area contributed by atoms with Gasteiger partial charge in [0, 0.05) is 23.2 Å². The van der Waals surface area contributed by atoms with Crippen molar-refractivity contribution in [2.75, 3.05) is 11.9 Å². The Hall–Kier alpha value is -2.14. The Balaban J connectivity index is 2.54. The lowest BCUT2D eigenvalue weighted by Crippen LogP contribution is -2.02. The summed E-state index contributed by atoms with van der Waals surface area (Å²) in [5, 5.41) is 14.7. The minimum atomic E-state index is -0.438. The van der Waals surface area contributed by atoms with Gasteiger partial charge in [0.05, 0.1) is 4.92 Å². The predicted molar refractivity (Wildman–Crippen MR) is 75.5 cm³/mol. The first-order chi connectivity index (χ1) is 9.11. The van der Waals surface area contributed by atoms with Gasteiger partial charge < -0.3 is 5.32 Å². The van der Waals surface area contributed by atoms with Crippen molar-refractivity contribution < 1.29 is 4.92 Å². The SMILES string of the molecule is CCNc1ccc([N+](=O)[O-])c(-c2ccc(Cl)cc2)n1. The van der Waals surface area contributed by atoms with Crippen molar-refractivity contribution in [3.8, 4) is 11.3 Å². The van der Waals surface area contributed by atoms with Crippen molar-refractivity contribution in [1.82, 2.24) is 4.98 Å². The number of nitro groups is 1. The summed E-state index contributed by atoms with van der Waals surface area (Å²) >= 11 is 5.82. The van der Waals surface area contributed by atoms with Gasteiger partial charge in [-0.25, -0.2) is 4.98 Å². The minimum Gasteiger partial charge on any atom is -0.370 e. The Morgan fingerprint density at radius 1 is 1.26 bits per heavy atom. The van der Waals surface area contributed by atoms with Crippen LogP contribution in [0, 0.1) is 10.1 Å². The van der Waals surface area contributed by atoms with Crippen molar-refractivity contribution in [2.24, 2.45) is 0 Å². The van der Waals surface area contributed by atoms with Crippen LogP contribution in [0.25, 0.3) is 11.3 Å². The molecule has 0 amide bonds. The Kier molecular flexibility index (Phi) is 3.97. The molecule has 0 radical (unpaired) electrons. The van der Waals surface area contributed by atoms with E-state index in [2.05, 4.69) is 10.3 Å². The summed E-state index contributed by atoms with van der Waals surface area (Å²) in [6.45, 7) is 2.63. The van der Waals surface area contributed by atoms with E-state index in [4.69, 9.17) is 11.6 Å². The van der Waals surface area contributed by atoms with E-state index in [1.165, 1.54) is 6.07 Å². The molecule has 0 saturated carbocycles. The number of halogens is 1. The molecule has 5 nitrogen and oxygen atoms in total. The number of rotatable bonds is 4. The van der Waals surface area contributed by atoms with Crippen LogP contribution >= 0.6 is 11.6 Å². The largest absolute Gasteiger partial charge is 0.370 e. The quantitative estimate of drug-likeness (QED) is 0.683. The normalized spacial score (nSPS) is 10.2. The molecule has 19 heavy (non-hydrogen) atoms. The maximum atomic E-state index is 11.1. The lowest BCUT2D eigenvalue weighted by atomic mass is 10.1. The maximum Gasteiger partial charge on any atom is 0.295 e. The molecule has 0 aliphatic carbocycles. The van der Waals surface area contributed by atoms with Crippen LogP contribution in [0.5, 0.6) is 0 Å². The van der Waals surface area contributed by atoms with Crippen LogP contribution in [0.4, 0.5) is 11.5 Å². The van der Waals surface area contributed by atoms with E-state index in [9.17, 15) is 10.1 Å². The smallest absolute Gasteiger partial charge is 0.295 e. The van der Waals surface area contributed by atoms with Crippen LogP contribution in [-0.4, -0.2) is 16.5 Å². The molecule has 0 saturated heterocycles. The topological polar surface area (TPSA) is 68.1 Å². The number of hydrogen-bond donors (Lipinski definition) is 1. The van der Waals surface area contributed by atoms with Gasteiger partial charge >= 0.3 is 0 Å². The molecule has 0 aliphatic heterocycles. The first-order valence-corrected chi connectivity index (χ1v) is 6.15. The molecule has 1 N–H and O–H groups in total. The zero-order chi connectivity index (χ0) is 13.8. The highest BCUT2D eigenvalue weighted by Crippen LogP contribution is 2.30. The molecule has 1 aromatic carbocycles. The van der Waals surface area contributed by atoms with Crippen molar-refractivity contribution >= 4 is 23.1 Å². The van der Waals surface area contributed by atoms with Crippen LogP contribution in [-0.2, 0) is 0 Å². The summed E-state index contributed by atoms with van der Waals surface area (Å²) in [4.78, 5) is 14.9. The zero-order valence-corrected chi connectivity index (χ0v) is 11.0. The van der Waals surface area contributed by atoms with Gasteiger partial charge in [0.2, 0.25) is 0 Å². The fourth-order valence-electron chi connectivity index (χ4n) is 1.70. The average molecular weight is 278 g/mol. The lowest BCUT2D eigenvalue weighted by Gasteiger charge is -2.06. The van der Waals surface area contributed by atoms with E-state index in [0.717, 1.165) is 0 Å². The monoisotopic (exact) mass is 277 g/mol. The van der Waals surface area contributed by atoms with Gasteiger partial charge in [0.25, 0.3) is 5.69 Å². The number of benzene rings is 1. The summed E-state index contributed by atoms with van der Waals surface area (Å²) in [6, 6.07) is 9.85. The lowest BCUT2D eigenvalue weighted by molar-refractivity contribution is -0.384. The summed E-state index contributed by atoms with van der Waals surface area (Å²) in [5.41, 5.74) is 0.972. The van der Waals surface area contributed by atoms with E-state index in [1.807, 2.05) is 6.92 Å². The standard InChI is InChI=1S/C13H12ClN3O2/c1-2-15-12-8-7-11(17(18)19)13(16-12)9-3-5-10(14)6-4-9/h3-8H,2H2,1H3,(H,15,16). The number of hydrogen-bond acceptors (Lipinski definition) is 4. The third-order valence-corrected chi connectivity index (χ3v) is 2.80. The number of anilines is 1. The fourth-order valence-corrected chi connectivity index (χ4v) is 1.82. The van der Waals surface area contributed by atoms with Crippen LogP contribution in [0.1, 0.15) is 6.92 Å². The fraction of sp³-hybridized carbons (Fsp3) is 0.154. The number of nitrogens with one attached hydrogen (secondary N) is 1. The van der Waals surface area contributed by atoms with Gasteiger partial charge in [0.15, 0.2) is 5.69 Å². The van der Waals surface area contributed by atoms with Crippen molar-refractivity contribution in [3.63, 3.8) is 0 Å². The molecule has 6 heteroatoms. The highest BCUT2D eigenvalue weighted by atomic mass is 35.5. The molecule has 0 unspecified atom stereocenters. The highest BCUT2D eigenvalue weighted by Gasteiger charge is 2.17. The summed E-state index contributed by atoms with van der Waals surface area (Å²) in [6.07, 6.45) is 0. The second-order valence-corrected chi connectivity index (χ2v) is 4.29. The van der Waals surface area contributed by atoms with Gasteiger partial charge in [-0.2, -0.15) is 0 Å². The molecule has 2 aromatic rings. The average Bonchev–Trinajstić information content (AvgIpc) is 2.39. The third kappa shape index (κ3) is 3.00.